The summed E-state index contributed by atoms with van der Waals surface area (Å²) in [6.07, 6.45) is 0. The van der Waals surface area contributed by atoms with Crippen molar-refractivity contribution in [2.75, 3.05) is 5.32 Å². The first kappa shape index (κ1) is 19.4. The first-order valence-electron chi connectivity index (χ1n) is 8.38. The molecule has 0 bridgehead atoms. The Balaban J connectivity index is 1.67. The summed E-state index contributed by atoms with van der Waals surface area (Å²) in [5.74, 6) is 0.403. The molecule has 4 aromatic rings. The van der Waals surface area contributed by atoms with Crippen LogP contribution in [0.3, 0.4) is 0 Å². The third-order valence-electron chi connectivity index (χ3n) is 4.14. The van der Waals surface area contributed by atoms with Crippen molar-refractivity contribution < 1.29 is 0 Å². The molecule has 0 saturated heterocycles. The van der Waals surface area contributed by atoms with Gasteiger partial charge in [0.25, 0.3) is 5.56 Å². The van der Waals surface area contributed by atoms with Crippen LogP contribution in [-0.2, 0) is 13.1 Å². The number of halogens is 3. The van der Waals surface area contributed by atoms with Gasteiger partial charge >= 0.3 is 0 Å². The molecular weight excluding hydrogens is 554 g/mol. The molecule has 0 amide bonds. The van der Waals surface area contributed by atoms with Crippen molar-refractivity contribution in [3.63, 3.8) is 0 Å². The van der Waals surface area contributed by atoms with Gasteiger partial charge in [-0.3, -0.25) is 14.3 Å². The molecule has 0 saturated carbocycles. The lowest BCUT2D eigenvalue weighted by molar-refractivity contribution is 0.789. The summed E-state index contributed by atoms with van der Waals surface area (Å²) in [5.41, 5.74) is 2.68. The summed E-state index contributed by atoms with van der Waals surface area (Å²) in [4.78, 5) is 24.2. The van der Waals surface area contributed by atoms with E-state index in [1.54, 1.807) is 0 Å². The molecule has 0 aliphatic heterocycles. The minimum atomic E-state index is -0.282. The predicted octanol–water partition coefficient (Wildman–Crippen LogP) is 5.07. The van der Waals surface area contributed by atoms with E-state index in [2.05, 4.69) is 68.1 Å². The largest absolute Gasteiger partial charge is 0.352 e. The van der Waals surface area contributed by atoms with Gasteiger partial charge in [-0.1, -0.05) is 56.1 Å². The number of benzene rings is 2. The number of nitrogens with zero attached hydrogens (tertiary/aromatic N) is 3. The van der Waals surface area contributed by atoms with Crippen molar-refractivity contribution in [3.05, 3.63) is 83.7 Å². The van der Waals surface area contributed by atoms with Crippen LogP contribution in [0.1, 0.15) is 11.1 Å². The van der Waals surface area contributed by atoms with E-state index in [0.29, 0.717) is 34.9 Å². The second kappa shape index (κ2) is 8.18. The van der Waals surface area contributed by atoms with Crippen LogP contribution in [0, 0.1) is 0 Å². The highest BCUT2D eigenvalue weighted by molar-refractivity contribution is 9.11. The lowest BCUT2D eigenvalue weighted by Gasteiger charge is -2.08. The molecule has 2 aromatic carbocycles. The van der Waals surface area contributed by atoms with Gasteiger partial charge in [0, 0.05) is 15.5 Å². The molecule has 0 radical (unpaired) electrons. The second-order valence-electron chi connectivity index (χ2n) is 6.17. The van der Waals surface area contributed by atoms with E-state index < -0.39 is 0 Å². The average Bonchev–Trinajstić information content (AvgIpc) is 2.97. The molecule has 0 unspecified atom stereocenters. The van der Waals surface area contributed by atoms with Crippen LogP contribution in [0.15, 0.2) is 67.0 Å². The molecule has 2 N–H and O–H groups in total. The predicted molar refractivity (Wildman–Crippen MR) is 121 cm³/mol. The maximum absolute atomic E-state index is 12.5. The zero-order chi connectivity index (χ0) is 19.7. The Morgan fingerprint density at radius 2 is 1.64 bits per heavy atom. The summed E-state index contributed by atoms with van der Waals surface area (Å²) in [6, 6.07) is 15.9. The minimum Gasteiger partial charge on any atom is -0.352 e. The van der Waals surface area contributed by atoms with Crippen molar-refractivity contribution in [1.29, 1.82) is 0 Å². The Bertz CT molecular complexity index is 1220. The lowest BCUT2D eigenvalue weighted by atomic mass is 10.2. The van der Waals surface area contributed by atoms with Gasteiger partial charge < -0.3 is 5.32 Å². The van der Waals surface area contributed by atoms with Gasteiger partial charge in [0.2, 0.25) is 5.95 Å². The second-order valence-corrected chi connectivity index (χ2v) is 8.71. The molecule has 28 heavy (non-hydrogen) atoms. The molecule has 0 atom stereocenters. The van der Waals surface area contributed by atoms with Crippen LogP contribution in [0.2, 0.25) is 0 Å². The molecule has 2 aromatic heterocycles. The number of imidazole rings is 1. The van der Waals surface area contributed by atoms with E-state index in [-0.39, 0.29) is 5.56 Å². The van der Waals surface area contributed by atoms with Gasteiger partial charge in [-0.2, -0.15) is 4.98 Å². The summed E-state index contributed by atoms with van der Waals surface area (Å²) in [7, 11) is 0. The van der Waals surface area contributed by atoms with Gasteiger partial charge in [-0.05, 0) is 51.3 Å². The van der Waals surface area contributed by atoms with Gasteiger partial charge in [-0.15, -0.1) is 0 Å². The Morgan fingerprint density at radius 3 is 2.36 bits per heavy atom. The van der Waals surface area contributed by atoms with Gasteiger partial charge in [0.05, 0.1) is 6.54 Å². The summed E-state index contributed by atoms with van der Waals surface area (Å²) < 4.78 is 4.42. The molecule has 0 aliphatic carbocycles. The number of hydrogen-bond acceptors (Lipinski definition) is 4. The van der Waals surface area contributed by atoms with Gasteiger partial charge in [-0.25, -0.2) is 4.98 Å². The number of aromatic amines is 1. The quantitative estimate of drug-likeness (QED) is 0.330. The van der Waals surface area contributed by atoms with Crippen molar-refractivity contribution >= 4 is 64.9 Å². The fourth-order valence-electron chi connectivity index (χ4n) is 2.86. The van der Waals surface area contributed by atoms with Crippen molar-refractivity contribution in [3.8, 4) is 0 Å². The van der Waals surface area contributed by atoms with E-state index in [1.807, 2.05) is 53.1 Å². The highest BCUT2D eigenvalue weighted by atomic mass is 79.9. The van der Waals surface area contributed by atoms with E-state index in [0.717, 1.165) is 20.1 Å². The number of aromatic nitrogens is 4. The lowest BCUT2D eigenvalue weighted by Crippen LogP contribution is -2.14. The summed E-state index contributed by atoms with van der Waals surface area (Å²) in [6.45, 7) is 1.08. The summed E-state index contributed by atoms with van der Waals surface area (Å²) in [5, 5.41) is 3.18. The Labute approximate surface area is 185 Å². The van der Waals surface area contributed by atoms with E-state index in [1.165, 1.54) is 0 Å². The van der Waals surface area contributed by atoms with Crippen LogP contribution in [-0.4, -0.2) is 19.5 Å². The number of hydrogen-bond donors (Lipinski definition) is 2. The molecule has 0 aliphatic rings. The number of H-pyrrole nitrogens is 1. The topological polar surface area (TPSA) is 75.6 Å². The van der Waals surface area contributed by atoms with Crippen molar-refractivity contribution in [2.45, 2.75) is 13.1 Å². The third kappa shape index (κ3) is 4.21. The smallest absolute Gasteiger partial charge is 0.280 e. The highest BCUT2D eigenvalue weighted by Crippen LogP contribution is 2.21. The van der Waals surface area contributed by atoms with Crippen LogP contribution in [0.5, 0.6) is 0 Å². The minimum absolute atomic E-state index is 0.282. The fraction of sp³-hybridized carbons (Fsp3) is 0.105. The zero-order valence-electron chi connectivity index (χ0n) is 14.4. The SMILES string of the molecule is O=c1[nH]c(NCc2cccc(Br)c2)nc2c1nc(Br)n2Cc1cccc(Br)c1. The monoisotopic (exact) mass is 565 g/mol. The maximum Gasteiger partial charge on any atom is 0.280 e. The number of rotatable bonds is 5. The van der Waals surface area contributed by atoms with Crippen LogP contribution >= 0.6 is 47.8 Å². The van der Waals surface area contributed by atoms with Crippen molar-refractivity contribution in [2.24, 2.45) is 0 Å². The Hall–Kier alpha value is -1.97. The molecule has 0 fully saturated rings. The Morgan fingerprint density at radius 1 is 0.964 bits per heavy atom. The van der Waals surface area contributed by atoms with Gasteiger partial charge in [0.1, 0.15) is 0 Å². The zero-order valence-corrected chi connectivity index (χ0v) is 19.2. The molecule has 4 rings (SSSR count). The van der Waals surface area contributed by atoms with Gasteiger partial charge in [0.15, 0.2) is 15.9 Å². The first-order chi connectivity index (χ1) is 13.5. The summed E-state index contributed by atoms with van der Waals surface area (Å²) >= 11 is 10.4. The fourth-order valence-corrected chi connectivity index (χ4v) is 4.22. The molecule has 2 heterocycles. The van der Waals surface area contributed by atoms with Crippen LogP contribution < -0.4 is 10.9 Å². The van der Waals surface area contributed by atoms with Crippen LogP contribution in [0.4, 0.5) is 5.95 Å². The highest BCUT2D eigenvalue weighted by Gasteiger charge is 2.15. The number of fused-ring (bicyclic) bond motifs is 1. The number of anilines is 1. The molecule has 9 heteroatoms. The molecular formula is C19H14Br3N5O. The number of nitrogens with one attached hydrogen (secondary N) is 2. The Kier molecular flexibility index (Phi) is 5.65. The van der Waals surface area contributed by atoms with Crippen LogP contribution in [0.25, 0.3) is 11.2 Å². The van der Waals surface area contributed by atoms with E-state index >= 15 is 0 Å². The molecule has 0 spiro atoms. The van der Waals surface area contributed by atoms with Crippen molar-refractivity contribution in [1.82, 2.24) is 19.5 Å². The van der Waals surface area contributed by atoms with E-state index in [4.69, 9.17) is 0 Å². The molecule has 6 nitrogen and oxygen atoms in total. The normalized spacial score (nSPS) is 11.1. The first-order valence-corrected chi connectivity index (χ1v) is 10.8. The van der Waals surface area contributed by atoms with E-state index in [9.17, 15) is 4.79 Å². The maximum atomic E-state index is 12.5. The third-order valence-corrected chi connectivity index (χ3v) is 5.73. The standard InChI is InChI=1S/C19H14Br3N5O/c20-13-5-1-3-11(7-13)9-23-19-25-16-15(17(28)26-19)24-18(22)27(16)10-12-4-2-6-14(21)8-12/h1-8H,9-10H2,(H2,23,25,26,28). The molecule has 142 valence electrons. The average molecular weight is 568 g/mol.